The summed E-state index contributed by atoms with van der Waals surface area (Å²) in [5.74, 6) is 2.53. The highest BCUT2D eigenvalue weighted by molar-refractivity contribution is 4.82. The van der Waals surface area contributed by atoms with Crippen molar-refractivity contribution in [1.82, 2.24) is 0 Å². The van der Waals surface area contributed by atoms with Crippen LogP contribution >= 0.6 is 0 Å². The highest BCUT2D eigenvalue weighted by Crippen LogP contribution is 2.41. The smallest absolute Gasteiger partial charge is 0.0277 e. The SMILES string of the molecule is CCC(C)C(C)(CCCCC(C)C)C(C)C. The molecule has 0 amide bonds. The summed E-state index contributed by atoms with van der Waals surface area (Å²) >= 11 is 0. The van der Waals surface area contributed by atoms with E-state index in [1.807, 2.05) is 0 Å². The lowest BCUT2D eigenvalue weighted by Gasteiger charge is -2.39. The molecular formula is C16H34. The molecule has 0 radical (unpaired) electrons. The van der Waals surface area contributed by atoms with Gasteiger partial charge in [-0.15, -0.1) is 0 Å². The zero-order chi connectivity index (χ0) is 12.8. The normalized spacial score (nSPS) is 17.8. The predicted molar refractivity (Wildman–Crippen MR) is 75.7 cm³/mol. The Kier molecular flexibility index (Phi) is 7.35. The monoisotopic (exact) mass is 226 g/mol. The van der Waals surface area contributed by atoms with Crippen molar-refractivity contribution in [2.45, 2.75) is 80.6 Å². The van der Waals surface area contributed by atoms with Gasteiger partial charge in [0.05, 0.1) is 0 Å². The van der Waals surface area contributed by atoms with E-state index in [-0.39, 0.29) is 0 Å². The van der Waals surface area contributed by atoms with E-state index in [2.05, 4.69) is 48.5 Å². The van der Waals surface area contributed by atoms with Gasteiger partial charge in [-0.05, 0) is 29.6 Å². The van der Waals surface area contributed by atoms with Gasteiger partial charge in [0.2, 0.25) is 0 Å². The fourth-order valence-electron chi connectivity index (χ4n) is 2.63. The molecule has 0 saturated heterocycles. The molecule has 0 aromatic rings. The van der Waals surface area contributed by atoms with Crippen LogP contribution in [0.3, 0.4) is 0 Å². The number of unbranched alkanes of at least 4 members (excludes halogenated alkanes) is 1. The zero-order valence-corrected chi connectivity index (χ0v) is 12.8. The van der Waals surface area contributed by atoms with Gasteiger partial charge in [-0.2, -0.15) is 0 Å². The summed E-state index contributed by atoms with van der Waals surface area (Å²) in [6.07, 6.45) is 6.95. The van der Waals surface area contributed by atoms with E-state index in [1.165, 1.54) is 32.1 Å². The van der Waals surface area contributed by atoms with Gasteiger partial charge in [-0.3, -0.25) is 0 Å². The van der Waals surface area contributed by atoms with Crippen LogP contribution in [0.15, 0.2) is 0 Å². The first-order valence-corrected chi connectivity index (χ1v) is 7.34. The van der Waals surface area contributed by atoms with Crippen molar-refractivity contribution in [2.24, 2.45) is 23.2 Å². The van der Waals surface area contributed by atoms with Gasteiger partial charge in [0, 0.05) is 0 Å². The van der Waals surface area contributed by atoms with Gasteiger partial charge in [0.25, 0.3) is 0 Å². The number of hydrogen-bond donors (Lipinski definition) is 0. The summed E-state index contributed by atoms with van der Waals surface area (Å²) in [5, 5.41) is 0. The molecule has 0 N–H and O–H groups in total. The van der Waals surface area contributed by atoms with Crippen molar-refractivity contribution >= 4 is 0 Å². The van der Waals surface area contributed by atoms with E-state index in [1.54, 1.807) is 0 Å². The van der Waals surface area contributed by atoms with Crippen LogP contribution in [0, 0.1) is 23.2 Å². The molecule has 2 unspecified atom stereocenters. The van der Waals surface area contributed by atoms with Crippen molar-refractivity contribution in [3.8, 4) is 0 Å². The Balaban J connectivity index is 4.14. The first kappa shape index (κ1) is 16.0. The molecule has 0 aliphatic rings. The van der Waals surface area contributed by atoms with Gasteiger partial charge in [-0.1, -0.05) is 74.1 Å². The van der Waals surface area contributed by atoms with Gasteiger partial charge in [0.15, 0.2) is 0 Å². The molecule has 0 aliphatic carbocycles. The first-order valence-electron chi connectivity index (χ1n) is 7.34. The topological polar surface area (TPSA) is 0 Å². The average molecular weight is 226 g/mol. The first-order chi connectivity index (χ1) is 7.34. The van der Waals surface area contributed by atoms with E-state index < -0.39 is 0 Å². The fraction of sp³-hybridized carbons (Fsp3) is 1.00. The minimum atomic E-state index is 0.547. The standard InChI is InChI=1S/C16H34/c1-8-15(6)16(7,14(4)5)12-10-9-11-13(2)3/h13-15H,8-12H2,1-7H3. The summed E-state index contributed by atoms with van der Waals surface area (Å²) < 4.78 is 0. The summed E-state index contributed by atoms with van der Waals surface area (Å²) in [5.41, 5.74) is 0.547. The molecule has 2 atom stereocenters. The van der Waals surface area contributed by atoms with Crippen LogP contribution in [0.4, 0.5) is 0 Å². The summed E-state index contributed by atoms with van der Waals surface area (Å²) in [4.78, 5) is 0. The second kappa shape index (κ2) is 7.35. The molecule has 0 fully saturated rings. The maximum absolute atomic E-state index is 2.50. The van der Waals surface area contributed by atoms with Crippen molar-refractivity contribution in [3.05, 3.63) is 0 Å². The zero-order valence-electron chi connectivity index (χ0n) is 12.8. The van der Waals surface area contributed by atoms with Crippen LogP contribution in [0.2, 0.25) is 0 Å². The van der Waals surface area contributed by atoms with Gasteiger partial charge < -0.3 is 0 Å². The van der Waals surface area contributed by atoms with E-state index in [9.17, 15) is 0 Å². The molecule has 0 aromatic carbocycles. The van der Waals surface area contributed by atoms with Gasteiger partial charge >= 0.3 is 0 Å². The third-order valence-corrected chi connectivity index (χ3v) is 4.80. The van der Waals surface area contributed by atoms with Crippen molar-refractivity contribution in [3.63, 3.8) is 0 Å². The largest absolute Gasteiger partial charge is 0.0651 e. The molecule has 0 heterocycles. The Hall–Kier alpha value is 0. The molecule has 0 saturated carbocycles. The Labute approximate surface area is 104 Å². The van der Waals surface area contributed by atoms with Gasteiger partial charge in [0.1, 0.15) is 0 Å². The van der Waals surface area contributed by atoms with Crippen LogP contribution in [0.1, 0.15) is 80.6 Å². The van der Waals surface area contributed by atoms with Gasteiger partial charge in [-0.25, -0.2) is 0 Å². The highest BCUT2D eigenvalue weighted by atomic mass is 14.4. The average Bonchev–Trinajstić information content (AvgIpc) is 2.22. The molecule has 0 bridgehead atoms. The predicted octanol–water partition coefficient (Wildman–Crippen LogP) is 5.91. The Morgan fingerprint density at radius 1 is 0.938 bits per heavy atom. The minimum Gasteiger partial charge on any atom is -0.0651 e. The summed E-state index contributed by atoms with van der Waals surface area (Å²) in [6, 6.07) is 0. The van der Waals surface area contributed by atoms with Crippen molar-refractivity contribution in [2.75, 3.05) is 0 Å². The van der Waals surface area contributed by atoms with Crippen molar-refractivity contribution in [1.29, 1.82) is 0 Å². The maximum atomic E-state index is 2.50. The van der Waals surface area contributed by atoms with E-state index >= 15 is 0 Å². The second-order valence-electron chi connectivity index (χ2n) is 6.61. The fourth-order valence-corrected chi connectivity index (χ4v) is 2.63. The van der Waals surface area contributed by atoms with E-state index in [4.69, 9.17) is 0 Å². The maximum Gasteiger partial charge on any atom is -0.0277 e. The number of hydrogen-bond acceptors (Lipinski definition) is 0. The number of rotatable bonds is 8. The van der Waals surface area contributed by atoms with Crippen LogP contribution in [-0.2, 0) is 0 Å². The molecule has 0 rings (SSSR count). The Morgan fingerprint density at radius 3 is 1.88 bits per heavy atom. The molecule has 0 heteroatoms. The highest BCUT2D eigenvalue weighted by Gasteiger charge is 2.32. The minimum absolute atomic E-state index is 0.547. The van der Waals surface area contributed by atoms with Crippen LogP contribution in [0.25, 0.3) is 0 Å². The Morgan fingerprint density at radius 2 is 1.50 bits per heavy atom. The summed E-state index contributed by atoms with van der Waals surface area (Å²) in [7, 11) is 0. The molecule has 0 spiro atoms. The lowest BCUT2D eigenvalue weighted by atomic mass is 9.66. The lowest BCUT2D eigenvalue weighted by Crippen LogP contribution is -2.31. The molecule has 16 heavy (non-hydrogen) atoms. The van der Waals surface area contributed by atoms with Crippen LogP contribution < -0.4 is 0 Å². The van der Waals surface area contributed by atoms with E-state index in [0.29, 0.717) is 5.41 Å². The second-order valence-corrected chi connectivity index (χ2v) is 6.61. The molecular weight excluding hydrogens is 192 g/mol. The lowest BCUT2D eigenvalue weighted by molar-refractivity contribution is 0.104. The van der Waals surface area contributed by atoms with Crippen LogP contribution in [-0.4, -0.2) is 0 Å². The molecule has 98 valence electrons. The molecule has 0 nitrogen and oxygen atoms in total. The van der Waals surface area contributed by atoms with Crippen molar-refractivity contribution < 1.29 is 0 Å². The third-order valence-electron chi connectivity index (χ3n) is 4.80. The Bertz CT molecular complexity index is 169. The molecule has 0 aromatic heterocycles. The summed E-state index contributed by atoms with van der Waals surface area (Å²) in [6.45, 7) is 16.7. The van der Waals surface area contributed by atoms with Crippen LogP contribution in [0.5, 0.6) is 0 Å². The third kappa shape index (κ3) is 4.89. The van der Waals surface area contributed by atoms with E-state index in [0.717, 1.165) is 17.8 Å². The quantitative estimate of drug-likeness (QED) is 0.451. The molecule has 0 aliphatic heterocycles.